The lowest BCUT2D eigenvalue weighted by molar-refractivity contribution is 0.642. The number of nitrogens with zero attached hydrogens (tertiary/aromatic N) is 1. The van der Waals surface area contributed by atoms with Gasteiger partial charge in [-0.2, -0.15) is 0 Å². The molecule has 0 spiro atoms. The Labute approximate surface area is 110 Å². The first-order chi connectivity index (χ1) is 8.43. The van der Waals surface area contributed by atoms with Gasteiger partial charge < -0.3 is 5.73 Å². The number of nitrogens with two attached hydrogens (primary N) is 1. The molecule has 0 saturated carbocycles. The molecule has 0 aromatic heterocycles. The van der Waals surface area contributed by atoms with Crippen LogP contribution in [0.3, 0.4) is 0 Å². The highest BCUT2D eigenvalue weighted by atomic mass is 19.1. The van der Waals surface area contributed by atoms with Gasteiger partial charge in [0.15, 0.2) is 0 Å². The number of amidine groups is 1. The van der Waals surface area contributed by atoms with Crippen LogP contribution in [0.4, 0.5) is 4.39 Å². The summed E-state index contributed by atoms with van der Waals surface area (Å²) in [4.78, 5) is 4.16. The molecule has 0 bridgehead atoms. The van der Waals surface area contributed by atoms with Crippen LogP contribution in [0.5, 0.6) is 0 Å². The molecular weight excluding hydrogens is 227 g/mol. The van der Waals surface area contributed by atoms with E-state index >= 15 is 0 Å². The number of unbranched alkanes of at least 4 members (excludes halogenated alkanes) is 1. The van der Waals surface area contributed by atoms with Crippen LogP contribution in [-0.2, 0) is 0 Å². The maximum absolute atomic E-state index is 14.2. The number of rotatable bonds is 6. The van der Waals surface area contributed by atoms with E-state index in [4.69, 9.17) is 5.73 Å². The lowest BCUT2D eigenvalue weighted by Gasteiger charge is -2.09. The molecule has 0 fully saturated rings. The van der Waals surface area contributed by atoms with Gasteiger partial charge in [0.05, 0.1) is 5.84 Å². The number of hydrogen-bond acceptors (Lipinski definition) is 1. The average Bonchev–Trinajstić information content (AvgIpc) is 2.25. The molecule has 0 aromatic rings. The van der Waals surface area contributed by atoms with Gasteiger partial charge in [-0.25, -0.2) is 9.38 Å². The normalized spacial score (nSPS) is 15.8. The molecule has 0 aliphatic carbocycles. The van der Waals surface area contributed by atoms with Crippen molar-refractivity contribution in [3.8, 4) is 0 Å². The van der Waals surface area contributed by atoms with Gasteiger partial charge in [-0.15, -0.1) is 0 Å². The second kappa shape index (κ2) is 8.67. The van der Waals surface area contributed by atoms with Crippen molar-refractivity contribution in [3.05, 3.63) is 34.8 Å². The van der Waals surface area contributed by atoms with Crippen molar-refractivity contribution in [2.75, 3.05) is 0 Å². The molecule has 0 aliphatic heterocycles. The minimum Gasteiger partial charge on any atom is -0.387 e. The Hall–Kier alpha value is -1.38. The standard InChI is InChI=1S/C15H25FN2/c1-6-8-10-14(16)15(11(3)9-7-2)12(4)18-13(5)17/h9-10H,6-8H2,1-5H3,(H2,17,18)/b11-9+,14-10+,15-12+. The van der Waals surface area contributed by atoms with Crippen molar-refractivity contribution < 1.29 is 4.39 Å². The smallest absolute Gasteiger partial charge is 0.128 e. The van der Waals surface area contributed by atoms with E-state index in [1.165, 1.54) is 0 Å². The molecule has 0 amide bonds. The van der Waals surface area contributed by atoms with Crippen molar-refractivity contribution >= 4 is 5.84 Å². The third-order valence-electron chi connectivity index (χ3n) is 2.46. The van der Waals surface area contributed by atoms with E-state index in [9.17, 15) is 4.39 Å². The summed E-state index contributed by atoms with van der Waals surface area (Å²) in [6.45, 7) is 9.45. The summed E-state index contributed by atoms with van der Waals surface area (Å²) in [7, 11) is 0. The Morgan fingerprint density at radius 2 is 1.78 bits per heavy atom. The Morgan fingerprint density at radius 3 is 2.22 bits per heavy atom. The largest absolute Gasteiger partial charge is 0.387 e. The van der Waals surface area contributed by atoms with Gasteiger partial charge in [0, 0.05) is 11.3 Å². The quantitative estimate of drug-likeness (QED) is 0.417. The zero-order chi connectivity index (χ0) is 14.1. The highest BCUT2D eigenvalue weighted by molar-refractivity contribution is 5.78. The Morgan fingerprint density at radius 1 is 1.17 bits per heavy atom. The van der Waals surface area contributed by atoms with Gasteiger partial charge in [-0.05, 0) is 45.3 Å². The van der Waals surface area contributed by atoms with Crippen LogP contribution in [0.15, 0.2) is 39.8 Å². The predicted octanol–water partition coefficient (Wildman–Crippen LogP) is 4.65. The monoisotopic (exact) mass is 252 g/mol. The lowest BCUT2D eigenvalue weighted by Crippen LogP contribution is -2.06. The summed E-state index contributed by atoms with van der Waals surface area (Å²) in [5.41, 5.74) is 7.66. The molecule has 0 aromatic carbocycles. The summed E-state index contributed by atoms with van der Waals surface area (Å²) in [5, 5.41) is 0. The summed E-state index contributed by atoms with van der Waals surface area (Å²) >= 11 is 0. The number of aliphatic imine (C=N–C) groups is 1. The molecule has 0 heterocycles. The van der Waals surface area contributed by atoms with E-state index in [2.05, 4.69) is 4.99 Å². The summed E-state index contributed by atoms with van der Waals surface area (Å²) in [5.74, 6) is 0.235. The zero-order valence-electron chi connectivity index (χ0n) is 12.2. The van der Waals surface area contributed by atoms with Crippen LogP contribution >= 0.6 is 0 Å². The van der Waals surface area contributed by atoms with Crippen molar-refractivity contribution in [3.63, 3.8) is 0 Å². The van der Waals surface area contributed by atoms with Crippen LogP contribution in [0, 0.1) is 0 Å². The van der Waals surface area contributed by atoms with E-state index in [1.807, 2.05) is 26.8 Å². The van der Waals surface area contributed by atoms with Gasteiger partial charge in [0.1, 0.15) is 5.83 Å². The van der Waals surface area contributed by atoms with Gasteiger partial charge >= 0.3 is 0 Å². The summed E-state index contributed by atoms with van der Waals surface area (Å²) in [6, 6.07) is 0. The summed E-state index contributed by atoms with van der Waals surface area (Å²) in [6.07, 6.45) is 6.14. The van der Waals surface area contributed by atoms with E-state index in [-0.39, 0.29) is 5.83 Å². The average molecular weight is 252 g/mol. The number of halogens is 1. The maximum atomic E-state index is 14.2. The molecular formula is C15H25FN2. The van der Waals surface area contributed by atoms with Crippen molar-refractivity contribution in [2.45, 2.75) is 53.9 Å². The fourth-order valence-electron chi connectivity index (χ4n) is 1.75. The molecule has 0 unspecified atom stereocenters. The number of allylic oxidation sites excluding steroid dienone is 6. The zero-order valence-corrected chi connectivity index (χ0v) is 12.2. The van der Waals surface area contributed by atoms with Crippen molar-refractivity contribution in [1.82, 2.24) is 0 Å². The van der Waals surface area contributed by atoms with Crippen LogP contribution in [0.25, 0.3) is 0 Å². The molecule has 2 nitrogen and oxygen atoms in total. The van der Waals surface area contributed by atoms with E-state index < -0.39 is 0 Å². The Bertz CT molecular complexity index is 383. The van der Waals surface area contributed by atoms with E-state index in [1.54, 1.807) is 19.9 Å². The lowest BCUT2D eigenvalue weighted by atomic mass is 10.0. The molecule has 0 rings (SSSR count). The minimum absolute atomic E-state index is 0.207. The van der Waals surface area contributed by atoms with Gasteiger partial charge in [-0.1, -0.05) is 26.3 Å². The first-order valence-corrected chi connectivity index (χ1v) is 6.48. The van der Waals surface area contributed by atoms with Crippen molar-refractivity contribution in [1.29, 1.82) is 0 Å². The van der Waals surface area contributed by atoms with Crippen molar-refractivity contribution in [2.24, 2.45) is 10.7 Å². The molecule has 0 radical (unpaired) electrons. The molecule has 3 heteroatoms. The highest BCUT2D eigenvalue weighted by Crippen LogP contribution is 2.26. The fraction of sp³-hybridized carbons (Fsp3) is 0.533. The van der Waals surface area contributed by atoms with E-state index in [0.29, 0.717) is 17.1 Å². The number of hydrogen-bond donors (Lipinski definition) is 1. The van der Waals surface area contributed by atoms with Crippen LogP contribution in [0.2, 0.25) is 0 Å². The van der Waals surface area contributed by atoms with Gasteiger partial charge in [0.2, 0.25) is 0 Å². The SMILES string of the molecule is CC/C=C(C)/C(C(/F)=C\CCC)=C(/C)N=C(C)N. The topological polar surface area (TPSA) is 38.4 Å². The highest BCUT2D eigenvalue weighted by Gasteiger charge is 2.10. The molecule has 0 saturated heterocycles. The first-order valence-electron chi connectivity index (χ1n) is 6.48. The van der Waals surface area contributed by atoms with Crippen LogP contribution < -0.4 is 5.73 Å². The molecule has 18 heavy (non-hydrogen) atoms. The summed E-state index contributed by atoms with van der Waals surface area (Å²) < 4.78 is 14.2. The Kier molecular flexibility index (Phi) is 8.01. The van der Waals surface area contributed by atoms with Crippen LogP contribution in [-0.4, -0.2) is 5.84 Å². The van der Waals surface area contributed by atoms with E-state index in [0.717, 1.165) is 24.8 Å². The second-order valence-corrected chi connectivity index (χ2v) is 4.35. The third kappa shape index (κ3) is 5.80. The third-order valence-corrected chi connectivity index (χ3v) is 2.46. The molecule has 0 aliphatic rings. The molecule has 0 atom stereocenters. The predicted molar refractivity (Wildman–Crippen MR) is 78.1 cm³/mol. The van der Waals surface area contributed by atoms with Gasteiger partial charge in [0.25, 0.3) is 0 Å². The molecule has 102 valence electrons. The second-order valence-electron chi connectivity index (χ2n) is 4.35. The maximum Gasteiger partial charge on any atom is 0.128 e. The molecule has 2 N–H and O–H groups in total. The minimum atomic E-state index is -0.207. The fourth-order valence-corrected chi connectivity index (χ4v) is 1.75. The first kappa shape index (κ1) is 16.6. The Balaban J connectivity index is 5.58. The van der Waals surface area contributed by atoms with Gasteiger partial charge in [-0.3, -0.25) is 0 Å². The van der Waals surface area contributed by atoms with Crippen LogP contribution in [0.1, 0.15) is 53.9 Å².